The number of benzene rings is 3. The number of carbonyl (C=O) groups is 6. The minimum Gasteiger partial charge on any atom is -0.426 e. The van der Waals surface area contributed by atoms with Gasteiger partial charge in [0.05, 0.1) is 5.92 Å². The molecule has 0 aliphatic heterocycles. The van der Waals surface area contributed by atoms with Crippen molar-refractivity contribution in [3.8, 4) is 34.5 Å². The molecule has 0 saturated carbocycles. The molecule has 0 aliphatic carbocycles. The molecule has 0 aromatic heterocycles. The van der Waals surface area contributed by atoms with E-state index in [1.165, 1.54) is 71.0 Å². The van der Waals surface area contributed by atoms with Gasteiger partial charge in [-0.05, 0) is 82.1 Å². The van der Waals surface area contributed by atoms with Crippen LogP contribution in [0.4, 0.5) is 0 Å². The SMILES string of the molecule is C=C(C)C(=O)Oc1cc(/C=C/c2ccc(OC(=O)C(=C)C)c(OC(=O)C(=C)C)c2)c(OC(=O)C(C)C)cc1/C=C/c1ccc(OC(=O)C(=C)C)c(OC(=O)C(=C)C)c1. The molecule has 0 saturated heterocycles. The molecule has 0 fully saturated rings. The van der Waals surface area contributed by atoms with Crippen LogP contribution in [0, 0.1) is 5.92 Å². The van der Waals surface area contributed by atoms with Crippen LogP contribution in [0.2, 0.25) is 0 Å². The fraction of sp³-hybridized carbons (Fsp3) is 0.174. The first-order valence-corrected chi connectivity index (χ1v) is 17.6. The molecular weight excluding hydrogens is 744 g/mol. The fourth-order valence-electron chi connectivity index (χ4n) is 4.15. The van der Waals surface area contributed by atoms with Gasteiger partial charge < -0.3 is 28.4 Å². The van der Waals surface area contributed by atoms with Crippen molar-refractivity contribution in [2.75, 3.05) is 0 Å². The molecule has 58 heavy (non-hydrogen) atoms. The van der Waals surface area contributed by atoms with E-state index >= 15 is 0 Å². The average molecular weight is 789 g/mol. The zero-order valence-electron chi connectivity index (χ0n) is 33.4. The summed E-state index contributed by atoms with van der Waals surface area (Å²) in [5, 5.41) is 0. The van der Waals surface area contributed by atoms with Crippen LogP contribution in [-0.4, -0.2) is 35.8 Å². The lowest BCUT2D eigenvalue weighted by atomic mass is 10.0. The van der Waals surface area contributed by atoms with Crippen molar-refractivity contribution in [1.29, 1.82) is 0 Å². The van der Waals surface area contributed by atoms with E-state index in [0.717, 1.165) is 0 Å². The quantitative estimate of drug-likeness (QED) is 0.0588. The summed E-state index contributed by atoms with van der Waals surface area (Å²) in [6, 6.07) is 11.9. The summed E-state index contributed by atoms with van der Waals surface area (Å²) >= 11 is 0. The van der Waals surface area contributed by atoms with Gasteiger partial charge in [0, 0.05) is 39.0 Å². The second-order valence-corrected chi connectivity index (χ2v) is 13.4. The molecule has 12 heteroatoms. The molecule has 300 valence electrons. The van der Waals surface area contributed by atoms with E-state index in [0.29, 0.717) is 16.7 Å². The lowest BCUT2D eigenvalue weighted by Crippen LogP contribution is -2.16. The maximum absolute atomic E-state index is 12.9. The molecule has 3 aromatic rings. The third kappa shape index (κ3) is 12.9. The number of ether oxygens (including phenoxy) is 6. The van der Waals surface area contributed by atoms with Crippen molar-refractivity contribution in [3.05, 3.63) is 132 Å². The predicted octanol–water partition coefficient (Wildman–Crippen LogP) is 9.00. The molecule has 0 unspecified atom stereocenters. The maximum atomic E-state index is 12.9. The Labute approximate surface area is 337 Å². The Hall–Kier alpha value is -7.34. The number of hydrogen-bond acceptors (Lipinski definition) is 12. The number of carbonyl (C=O) groups excluding carboxylic acids is 6. The normalized spacial score (nSPS) is 10.8. The minimum absolute atomic E-state index is 0.0416. The Morgan fingerprint density at radius 2 is 0.707 bits per heavy atom. The molecular formula is C46H44O12. The molecule has 0 spiro atoms. The summed E-state index contributed by atoms with van der Waals surface area (Å²) < 4.78 is 33.1. The Balaban J connectivity index is 2.20. The van der Waals surface area contributed by atoms with Gasteiger partial charge in [0.25, 0.3) is 0 Å². The largest absolute Gasteiger partial charge is 0.426 e. The topological polar surface area (TPSA) is 158 Å². The van der Waals surface area contributed by atoms with Crippen molar-refractivity contribution in [2.45, 2.75) is 48.5 Å². The molecule has 0 bridgehead atoms. The third-order valence-corrected chi connectivity index (χ3v) is 7.43. The van der Waals surface area contributed by atoms with Gasteiger partial charge in [0.1, 0.15) is 11.5 Å². The van der Waals surface area contributed by atoms with Gasteiger partial charge in [0.15, 0.2) is 23.0 Å². The maximum Gasteiger partial charge on any atom is 0.338 e. The minimum atomic E-state index is -0.755. The van der Waals surface area contributed by atoms with E-state index < -0.39 is 41.7 Å². The van der Waals surface area contributed by atoms with Gasteiger partial charge >= 0.3 is 35.8 Å². The number of rotatable bonds is 16. The summed E-state index contributed by atoms with van der Waals surface area (Å²) in [4.78, 5) is 75.2. The Morgan fingerprint density at radius 1 is 0.414 bits per heavy atom. The first-order valence-electron chi connectivity index (χ1n) is 17.6. The summed E-state index contributed by atoms with van der Waals surface area (Å²) in [7, 11) is 0. The molecule has 3 rings (SSSR count). The van der Waals surface area contributed by atoms with Crippen LogP contribution in [0.15, 0.2) is 109 Å². The predicted molar refractivity (Wildman–Crippen MR) is 220 cm³/mol. The second kappa shape index (κ2) is 20.0. The van der Waals surface area contributed by atoms with Gasteiger partial charge in [0.2, 0.25) is 0 Å². The summed E-state index contributed by atoms with van der Waals surface area (Å²) in [6.45, 7) is 28.6. The molecule has 0 aliphatic rings. The van der Waals surface area contributed by atoms with E-state index in [1.807, 2.05) is 0 Å². The van der Waals surface area contributed by atoms with Crippen LogP contribution in [0.1, 0.15) is 70.7 Å². The average Bonchev–Trinajstić information content (AvgIpc) is 3.15. The molecule has 0 N–H and O–H groups in total. The molecule has 0 radical (unpaired) electrons. The van der Waals surface area contributed by atoms with Gasteiger partial charge in [-0.2, -0.15) is 0 Å². The van der Waals surface area contributed by atoms with Crippen molar-refractivity contribution in [1.82, 2.24) is 0 Å². The van der Waals surface area contributed by atoms with Crippen LogP contribution in [0.25, 0.3) is 24.3 Å². The number of esters is 6. The van der Waals surface area contributed by atoms with E-state index in [4.69, 9.17) is 28.4 Å². The molecule has 0 amide bonds. The second-order valence-electron chi connectivity index (χ2n) is 13.4. The van der Waals surface area contributed by atoms with Gasteiger partial charge in [-0.25, -0.2) is 24.0 Å². The molecule has 0 heterocycles. The fourth-order valence-corrected chi connectivity index (χ4v) is 4.15. The summed E-state index contributed by atoms with van der Waals surface area (Å²) in [5.74, 6) is -4.89. The molecule has 3 aromatic carbocycles. The lowest BCUT2D eigenvalue weighted by molar-refractivity contribution is -0.138. The van der Waals surface area contributed by atoms with Crippen LogP contribution in [-0.2, 0) is 28.8 Å². The zero-order chi connectivity index (χ0) is 43.4. The van der Waals surface area contributed by atoms with Crippen LogP contribution < -0.4 is 28.4 Å². The Bertz CT molecular complexity index is 2320. The highest BCUT2D eigenvalue weighted by atomic mass is 16.6. The lowest BCUT2D eigenvalue weighted by Gasteiger charge is -2.15. The van der Waals surface area contributed by atoms with E-state index in [-0.39, 0.29) is 67.9 Å². The van der Waals surface area contributed by atoms with E-state index in [2.05, 4.69) is 32.9 Å². The van der Waals surface area contributed by atoms with Crippen LogP contribution in [0.3, 0.4) is 0 Å². The van der Waals surface area contributed by atoms with Crippen molar-refractivity contribution in [2.24, 2.45) is 5.92 Å². The van der Waals surface area contributed by atoms with Crippen molar-refractivity contribution in [3.63, 3.8) is 0 Å². The summed E-state index contributed by atoms with van der Waals surface area (Å²) in [5.41, 5.74) is 2.07. The highest BCUT2D eigenvalue weighted by Crippen LogP contribution is 2.36. The zero-order valence-corrected chi connectivity index (χ0v) is 33.4. The number of hydrogen-bond donors (Lipinski definition) is 0. The van der Waals surface area contributed by atoms with Gasteiger partial charge in [-0.15, -0.1) is 0 Å². The smallest absolute Gasteiger partial charge is 0.338 e. The van der Waals surface area contributed by atoms with Gasteiger partial charge in [-0.3, -0.25) is 4.79 Å². The van der Waals surface area contributed by atoms with Crippen LogP contribution in [0.5, 0.6) is 34.5 Å². The monoisotopic (exact) mass is 788 g/mol. The Morgan fingerprint density at radius 3 is 1.02 bits per heavy atom. The first-order chi connectivity index (χ1) is 27.2. The molecule has 12 nitrogen and oxygen atoms in total. The van der Waals surface area contributed by atoms with E-state index in [1.54, 1.807) is 50.3 Å². The Kier molecular flexibility index (Phi) is 15.5. The standard InChI is InChI=1S/C46H44O12/c1-25(2)41(47)53-35-19-15-31(21-39(35)57-45(51)29(9)10)13-17-33-23-38(56-44(50)28(7)8)34(24-37(33)55-43(49)27(5)6)18-14-32-16-20-36(54-42(48)26(3)4)40(22-32)58-46(52)30(11)12/h13-24,28H,1,3,5,9,11H2,2,4,6-8,10,12H3/b17-13+,18-14+. The van der Waals surface area contributed by atoms with E-state index in [9.17, 15) is 28.8 Å². The summed E-state index contributed by atoms with van der Waals surface area (Å²) in [6.07, 6.45) is 6.32. The first kappa shape index (κ1) is 45.1. The highest BCUT2D eigenvalue weighted by Gasteiger charge is 2.20. The molecule has 0 atom stereocenters. The van der Waals surface area contributed by atoms with Crippen LogP contribution >= 0.6 is 0 Å². The van der Waals surface area contributed by atoms with Crippen molar-refractivity contribution >= 4 is 60.1 Å². The third-order valence-electron chi connectivity index (χ3n) is 7.43. The van der Waals surface area contributed by atoms with Crippen molar-refractivity contribution < 1.29 is 57.2 Å². The highest BCUT2D eigenvalue weighted by molar-refractivity contribution is 5.93. The van der Waals surface area contributed by atoms with Gasteiger partial charge in [-0.1, -0.05) is 83.2 Å².